The van der Waals surface area contributed by atoms with E-state index >= 15 is 0 Å². The average Bonchev–Trinajstić information content (AvgIpc) is 2.94. The Morgan fingerprint density at radius 1 is 1.07 bits per heavy atom. The molecule has 1 aliphatic carbocycles. The number of carboxylic acids is 1. The molecule has 4 atom stereocenters. The smallest absolute Gasteiger partial charge is 0.312 e. The lowest BCUT2D eigenvalue weighted by molar-refractivity contribution is -0.145. The lowest BCUT2D eigenvalue weighted by Crippen LogP contribution is -2.61. The lowest BCUT2D eigenvalue weighted by atomic mass is 9.81. The molecule has 3 amide bonds. The molecular formula is C31H41N5O6. The first-order chi connectivity index (χ1) is 19.9. The number of nitrogens with one attached hydrogen (secondary N) is 3. The van der Waals surface area contributed by atoms with Gasteiger partial charge in [-0.1, -0.05) is 36.8 Å². The summed E-state index contributed by atoms with van der Waals surface area (Å²) in [5, 5.41) is 27.4. The number of rotatable bonds is 10. The van der Waals surface area contributed by atoms with E-state index in [2.05, 4.69) is 16.1 Å². The first kappa shape index (κ1) is 31.1. The number of aromatic nitrogens is 1. The van der Waals surface area contributed by atoms with Gasteiger partial charge in [0, 0.05) is 11.9 Å². The van der Waals surface area contributed by atoms with Gasteiger partial charge in [0.2, 0.25) is 11.8 Å². The Bertz CT molecular complexity index is 1370. The maximum Gasteiger partial charge on any atom is 0.312 e. The summed E-state index contributed by atoms with van der Waals surface area (Å²) < 4.78 is 0. The minimum Gasteiger partial charge on any atom is -0.481 e. The summed E-state index contributed by atoms with van der Waals surface area (Å²) in [5.74, 6) is -2.16. The number of aliphatic hydroxyl groups is 1. The molecule has 1 aromatic carbocycles. The zero-order valence-corrected chi connectivity index (χ0v) is 24.6. The third-order valence-electron chi connectivity index (χ3n) is 8.15. The van der Waals surface area contributed by atoms with Crippen molar-refractivity contribution in [3.63, 3.8) is 0 Å². The van der Waals surface area contributed by atoms with Crippen molar-refractivity contribution in [3.05, 3.63) is 47.7 Å². The number of aliphatic hydroxyl groups excluding tert-OH is 1. The van der Waals surface area contributed by atoms with Gasteiger partial charge in [0.1, 0.15) is 18.2 Å². The van der Waals surface area contributed by atoms with Crippen LogP contribution >= 0.6 is 0 Å². The van der Waals surface area contributed by atoms with Crippen LogP contribution in [0.2, 0.25) is 0 Å². The van der Waals surface area contributed by atoms with E-state index in [0.717, 1.165) is 35.7 Å². The van der Waals surface area contributed by atoms with E-state index in [1.54, 1.807) is 32.9 Å². The van der Waals surface area contributed by atoms with Crippen LogP contribution in [0.5, 0.6) is 0 Å². The van der Waals surface area contributed by atoms with Gasteiger partial charge < -0.3 is 20.8 Å². The maximum absolute atomic E-state index is 13.2. The van der Waals surface area contributed by atoms with Crippen molar-refractivity contribution in [3.8, 4) is 0 Å². The number of fused-ring (bicyclic) bond motifs is 1. The van der Waals surface area contributed by atoms with Crippen LogP contribution in [0.3, 0.4) is 0 Å². The Morgan fingerprint density at radius 3 is 2.45 bits per heavy atom. The molecule has 2 aromatic rings. The summed E-state index contributed by atoms with van der Waals surface area (Å²) in [6.07, 6.45) is 6.04. The number of amides is 3. The third kappa shape index (κ3) is 7.32. The highest BCUT2D eigenvalue weighted by Gasteiger charge is 2.35. The number of hydrogen-bond donors (Lipinski definition) is 5. The molecule has 2 fully saturated rings. The van der Waals surface area contributed by atoms with Gasteiger partial charge in [0.05, 0.1) is 22.7 Å². The molecule has 0 bridgehead atoms. The number of nitrogens with zero attached hydrogens (tertiary/aromatic N) is 2. The molecule has 2 unspecified atom stereocenters. The van der Waals surface area contributed by atoms with Crippen molar-refractivity contribution >= 4 is 40.7 Å². The van der Waals surface area contributed by atoms with E-state index in [-0.39, 0.29) is 17.7 Å². The fraction of sp³-hybridized carbons (Fsp3) is 0.516. The van der Waals surface area contributed by atoms with E-state index in [1.807, 2.05) is 37.3 Å². The molecule has 1 aliphatic heterocycles. The van der Waals surface area contributed by atoms with Crippen LogP contribution in [-0.2, 0) is 19.2 Å². The standard InChI is InChI=1S/C31H41N5O6/c1-18(23-13-12-21-11-10-20(17-25(21)34-23)14-15-31(3,4)30(41)42)32-27(38)24-9-6-16-36(35-24)29(40)19(2)33-28(39)26(37)22-7-5-8-22/h10-15,17-19,22,24,26,35,37H,5-9,16H2,1-4H3,(H,32,38)(H,33,39)(H,41,42)/b15-14+/t18-,19?,24+,26?/m1/s1. The molecule has 5 N–H and O–H groups in total. The second kappa shape index (κ2) is 13.0. The molecule has 2 heterocycles. The normalized spacial score (nSPS) is 20.0. The number of benzene rings is 1. The van der Waals surface area contributed by atoms with Gasteiger partial charge in [-0.2, -0.15) is 0 Å². The number of carbonyl (C=O) groups is 4. The molecule has 1 saturated heterocycles. The molecule has 1 saturated carbocycles. The highest BCUT2D eigenvalue weighted by Crippen LogP contribution is 2.29. The Labute approximate surface area is 245 Å². The monoisotopic (exact) mass is 579 g/mol. The Balaban J connectivity index is 1.35. The lowest BCUT2D eigenvalue weighted by Gasteiger charge is -2.35. The minimum absolute atomic E-state index is 0.0531. The molecule has 4 rings (SSSR count). The second-order valence-corrected chi connectivity index (χ2v) is 12.0. The van der Waals surface area contributed by atoms with E-state index < -0.39 is 41.5 Å². The minimum atomic E-state index is -1.11. The Morgan fingerprint density at radius 2 is 1.79 bits per heavy atom. The van der Waals surface area contributed by atoms with Crippen molar-refractivity contribution in [2.24, 2.45) is 11.3 Å². The van der Waals surface area contributed by atoms with Gasteiger partial charge in [-0.25, -0.2) is 5.43 Å². The SMILES string of the molecule is CC(NC(=O)C(O)C1CCC1)C(=O)N1CCC[C@@H](C(=O)N[C@H](C)c2ccc3ccc(/C=C/C(C)(C)C(=O)O)cc3n2)N1. The summed E-state index contributed by atoms with van der Waals surface area (Å²) in [6.45, 7) is 7.06. The number of carbonyl (C=O) groups excluding carboxylic acids is 3. The van der Waals surface area contributed by atoms with Crippen LogP contribution in [0.4, 0.5) is 0 Å². The molecule has 0 spiro atoms. The van der Waals surface area contributed by atoms with Crippen molar-refractivity contribution in [2.75, 3.05) is 6.54 Å². The third-order valence-corrected chi connectivity index (χ3v) is 8.15. The topological polar surface area (TPSA) is 161 Å². The number of hydrogen-bond acceptors (Lipinski definition) is 7. The molecule has 42 heavy (non-hydrogen) atoms. The van der Waals surface area contributed by atoms with E-state index in [9.17, 15) is 29.4 Å². The molecule has 11 nitrogen and oxygen atoms in total. The molecule has 11 heteroatoms. The van der Waals surface area contributed by atoms with Crippen molar-refractivity contribution < 1.29 is 29.4 Å². The zero-order valence-electron chi connectivity index (χ0n) is 24.6. The van der Waals surface area contributed by atoms with Gasteiger partial charge >= 0.3 is 5.97 Å². The highest BCUT2D eigenvalue weighted by atomic mass is 16.4. The van der Waals surface area contributed by atoms with Crippen molar-refractivity contribution in [2.45, 2.75) is 84.0 Å². The van der Waals surface area contributed by atoms with Gasteiger partial charge in [-0.3, -0.25) is 29.2 Å². The first-order valence-electron chi connectivity index (χ1n) is 14.6. The van der Waals surface area contributed by atoms with E-state index in [4.69, 9.17) is 4.98 Å². The van der Waals surface area contributed by atoms with Crippen LogP contribution in [0, 0.1) is 11.3 Å². The van der Waals surface area contributed by atoms with Gasteiger partial charge in [0.25, 0.3) is 5.91 Å². The van der Waals surface area contributed by atoms with Gasteiger partial charge in [0.15, 0.2) is 0 Å². The van der Waals surface area contributed by atoms with E-state index in [1.165, 1.54) is 5.01 Å². The van der Waals surface area contributed by atoms with Crippen molar-refractivity contribution in [1.82, 2.24) is 26.1 Å². The predicted molar refractivity (Wildman–Crippen MR) is 158 cm³/mol. The molecule has 1 aromatic heterocycles. The van der Waals surface area contributed by atoms with Crippen LogP contribution < -0.4 is 16.1 Å². The van der Waals surface area contributed by atoms with Crippen LogP contribution in [0.1, 0.15) is 77.1 Å². The number of aliphatic carboxylic acids is 1. The van der Waals surface area contributed by atoms with Crippen LogP contribution in [0.15, 0.2) is 36.4 Å². The summed E-state index contributed by atoms with van der Waals surface area (Å²) in [7, 11) is 0. The second-order valence-electron chi connectivity index (χ2n) is 12.0. The van der Waals surface area contributed by atoms with Gasteiger partial charge in [-0.15, -0.1) is 0 Å². The molecular weight excluding hydrogens is 538 g/mol. The quantitative estimate of drug-likeness (QED) is 0.287. The Hall–Kier alpha value is -3.83. The summed E-state index contributed by atoms with van der Waals surface area (Å²) in [5.41, 5.74) is 4.19. The van der Waals surface area contributed by atoms with Crippen molar-refractivity contribution in [1.29, 1.82) is 0 Å². The summed E-state index contributed by atoms with van der Waals surface area (Å²) in [4.78, 5) is 54.6. The molecule has 2 aliphatic rings. The fourth-order valence-electron chi connectivity index (χ4n) is 4.96. The van der Waals surface area contributed by atoms with Crippen LogP contribution in [-0.4, -0.2) is 68.6 Å². The number of pyridine rings is 1. The van der Waals surface area contributed by atoms with Gasteiger partial charge in [-0.05, 0) is 77.0 Å². The van der Waals surface area contributed by atoms with E-state index in [0.29, 0.717) is 25.1 Å². The Kier molecular flexibility index (Phi) is 9.63. The maximum atomic E-state index is 13.2. The average molecular weight is 580 g/mol. The predicted octanol–water partition coefficient (Wildman–Crippen LogP) is 2.70. The summed E-state index contributed by atoms with van der Waals surface area (Å²) >= 11 is 0. The van der Waals surface area contributed by atoms with Crippen LogP contribution in [0.25, 0.3) is 17.0 Å². The number of hydrazine groups is 1. The highest BCUT2D eigenvalue weighted by molar-refractivity contribution is 5.90. The summed E-state index contributed by atoms with van der Waals surface area (Å²) in [6, 6.07) is 7.56. The molecule has 0 radical (unpaired) electrons. The zero-order chi connectivity index (χ0) is 30.6. The fourth-order valence-corrected chi connectivity index (χ4v) is 4.96. The molecule has 226 valence electrons. The number of carboxylic acid groups (broad SMARTS) is 1. The first-order valence-corrected chi connectivity index (χ1v) is 14.6. The largest absolute Gasteiger partial charge is 0.481 e.